The highest BCUT2D eigenvalue weighted by atomic mass is 19.1. The second-order valence-electron chi connectivity index (χ2n) is 7.80. The first-order valence-electron chi connectivity index (χ1n) is 10.5. The molecule has 154 valence electrons. The largest absolute Gasteiger partial charge is 0.390 e. The van der Waals surface area contributed by atoms with Gasteiger partial charge in [-0.1, -0.05) is 19.1 Å². The molecule has 0 spiro atoms. The van der Waals surface area contributed by atoms with Gasteiger partial charge in [-0.2, -0.15) is 0 Å². The lowest BCUT2D eigenvalue weighted by Crippen LogP contribution is -2.49. The van der Waals surface area contributed by atoms with E-state index in [1.165, 1.54) is 12.1 Å². The van der Waals surface area contributed by atoms with Crippen LogP contribution in [0.5, 0.6) is 0 Å². The van der Waals surface area contributed by atoms with E-state index in [4.69, 9.17) is 4.98 Å². The van der Waals surface area contributed by atoms with Crippen molar-refractivity contribution in [3.63, 3.8) is 0 Å². The Morgan fingerprint density at radius 2 is 1.72 bits per heavy atom. The second-order valence-corrected chi connectivity index (χ2v) is 7.80. The molecule has 2 heterocycles. The molecule has 29 heavy (non-hydrogen) atoms. The zero-order valence-electron chi connectivity index (χ0n) is 17.0. The number of aliphatic hydroxyl groups excluding tert-OH is 1. The van der Waals surface area contributed by atoms with E-state index >= 15 is 0 Å². The van der Waals surface area contributed by atoms with Gasteiger partial charge in [0.2, 0.25) is 0 Å². The second kappa shape index (κ2) is 8.93. The van der Waals surface area contributed by atoms with E-state index in [1.807, 2.05) is 30.3 Å². The molecule has 0 aliphatic carbocycles. The van der Waals surface area contributed by atoms with Crippen LogP contribution in [0.15, 0.2) is 48.5 Å². The summed E-state index contributed by atoms with van der Waals surface area (Å²) in [5.74, 6) is 0.846. The van der Waals surface area contributed by atoms with E-state index in [9.17, 15) is 9.50 Å². The fourth-order valence-electron chi connectivity index (χ4n) is 4.15. The van der Waals surface area contributed by atoms with Crippen LogP contribution < -0.4 is 4.90 Å². The highest BCUT2D eigenvalue weighted by Gasteiger charge is 2.21. The summed E-state index contributed by atoms with van der Waals surface area (Å²) in [4.78, 5) is 9.33. The standard InChI is InChI=1S/C23H29FN4O/c1-2-5-23-25-21-6-3-4-7-22(21)28(23)17-20(29)16-26-12-14-27(15-13-26)19-10-8-18(24)9-11-19/h3-4,6-11,20,29H,2,5,12-17H2,1H3. The van der Waals surface area contributed by atoms with Gasteiger partial charge in [0.15, 0.2) is 0 Å². The monoisotopic (exact) mass is 396 g/mol. The van der Waals surface area contributed by atoms with Gasteiger partial charge in [-0.05, 0) is 42.8 Å². The Kier molecular flexibility index (Phi) is 6.11. The van der Waals surface area contributed by atoms with E-state index in [0.717, 1.165) is 61.6 Å². The molecule has 1 aliphatic rings. The summed E-state index contributed by atoms with van der Waals surface area (Å²) in [7, 11) is 0. The molecule has 3 aromatic rings. The van der Waals surface area contributed by atoms with E-state index < -0.39 is 6.10 Å². The highest BCUT2D eigenvalue weighted by Crippen LogP contribution is 2.19. The van der Waals surface area contributed by atoms with Crippen LogP contribution in [-0.2, 0) is 13.0 Å². The Morgan fingerprint density at radius 3 is 2.45 bits per heavy atom. The number of aryl methyl sites for hydroxylation is 1. The topological polar surface area (TPSA) is 44.5 Å². The minimum atomic E-state index is -0.444. The predicted molar refractivity (Wildman–Crippen MR) is 115 cm³/mol. The van der Waals surface area contributed by atoms with Crippen molar-refractivity contribution in [2.24, 2.45) is 0 Å². The van der Waals surface area contributed by atoms with Crippen LogP contribution in [0.3, 0.4) is 0 Å². The molecule has 0 radical (unpaired) electrons. The number of piperazine rings is 1. The number of aromatic nitrogens is 2. The number of nitrogens with zero attached hydrogens (tertiary/aromatic N) is 4. The summed E-state index contributed by atoms with van der Waals surface area (Å²) in [5, 5.41) is 10.8. The number of imidazole rings is 1. The van der Waals surface area contributed by atoms with Crippen molar-refractivity contribution in [3.05, 3.63) is 60.2 Å². The van der Waals surface area contributed by atoms with Crippen LogP contribution in [0.4, 0.5) is 10.1 Å². The minimum absolute atomic E-state index is 0.204. The maximum absolute atomic E-state index is 13.1. The third-order valence-electron chi connectivity index (χ3n) is 5.63. The van der Waals surface area contributed by atoms with Crippen molar-refractivity contribution in [2.45, 2.75) is 32.4 Å². The average molecular weight is 397 g/mol. The Morgan fingerprint density at radius 1 is 1.00 bits per heavy atom. The Bertz CT molecular complexity index is 932. The number of para-hydroxylation sites is 2. The third kappa shape index (κ3) is 4.60. The number of benzene rings is 2. The number of hydrogen-bond donors (Lipinski definition) is 1. The fourth-order valence-corrected chi connectivity index (χ4v) is 4.15. The lowest BCUT2D eigenvalue weighted by Gasteiger charge is -2.37. The number of aliphatic hydroxyl groups is 1. The molecule has 0 bridgehead atoms. The van der Waals surface area contributed by atoms with Gasteiger partial charge in [0.25, 0.3) is 0 Å². The molecule has 1 aliphatic heterocycles. The molecule has 1 unspecified atom stereocenters. The quantitative estimate of drug-likeness (QED) is 0.666. The molecule has 0 saturated carbocycles. The maximum Gasteiger partial charge on any atom is 0.123 e. The lowest BCUT2D eigenvalue weighted by atomic mass is 10.2. The molecule has 1 saturated heterocycles. The molecule has 1 N–H and O–H groups in total. The van der Waals surface area contributed by atoms with Gasteiger partial charge in [-0.25, -0.2) is 9.37 Å². The van der Waals surface area contributed by atoms with E-state index in [2.05, 4.69) is 27.4 Å². The van der Waals surface area contributed by atoms with E-state index in [0.29, 0.717) is 13.1 Å². The number of halogens is 1. The van der Waals surface area contributed by atoms with Gasteiger partial charge in [0, 0.05) is 44.8 Å². The molecular weight excluding hydrogens is 367 g/mol. The van der Waals surface area contributed by atoms with Crippen LogP contribution >= 0.6 is 0 Å². The van der Waals surface area contributed by atoms with Crippen molar-refractivity contribution < 1.29 is 9.50 Å². The first-order valence-corrected chi connectivity index (χ1v) is 10.5. The van der Waals surface area contributed by atoms with Gasteiger partial charge in [-0.3, -0.25) is 4.90 Å². The van der Waals surface area contributed by atoms with Gasteiger partial charge in [-0.15, -0.1) is 0 Å². The Balaban J connectivity index is 1.36. The van der Waals surface area contributed by atoms with Gasteiger partial charge >= 0.3 is 0 Å². The zero-order valence-corrected chi connectivity index (χ0v) is 17.0. The fraction of sp³-hybridized carbons (Fsp3) is 0.435. The number of fused-ring (bicyclic) bond motifs is 1. The minimum Gasteiger partial charge on any atom is -0.390 e. The first kappa shape index (κ1) is 19.9. The molecule has 4 rings (SSSR count). The number of hydrogen-bond acceptors (Lipinski definition) is 4. The maximum atomic E-state index is 13.1. The van der Waals surface area contributed by atoms with Gasteiger partial charge in [0.05, 0.1) is 23.7 Å². The van der Waals surface area contributed by atoms with Gasteiger partial charge in [0.1, 0.15) is 11.6 Å². The summed E-state index contributed by atoms with van der Waals surface area (Å²) < 4.78 is 15.3. The molecular formula is C23H29FN4O. The summed E-state index contributed by atoms with van der Waals surface area (Å²) >= 11 is 0. The van der Waals surface area contributed by atoms with Crippen molar-refractivity contribution >= 4 is 16.7 Å². The lowest BCUT2D eigenvalue weighted by molar-refractivity contribution is 0.0952. The van der Waals surface area contributed by atoms with E-state index in [1.54, 1.807) is 0 Å². The van der Waals surface area contributed by atoms with Crippen LogP contribution in [0.25, 0.3) is 11.0 Å². The zero-order chi connectivity index (χ0) is 20.2. The molecule has 0 amide bonds. The summed E-state index contributed by atoms with van der Waals surface area (Å²) in [6, 6.07) is 14.8. The summed E-state index contributed by atoms with van der Waals surface area (Å²) in [6.07, 6.45) is 1.50. The SMILES string of the molecule is CCCc1nc2ccccc2n1CC(O)CN1CCN(c2ccc(F)cc2)CC1. The Labute approximate surface area is 171 Å². The smallest absolute Gasteiger partial charge is 0.123 e. The normalized spacial score (nSPS) is 16.4. The van der Waals surface area contributed by atoms with Crippen LogP contribution in [-0.4, -0.2) is 58.4 Å². The molecule has 2 aromatic carbocycles. The van der Waals surface area contributed by atoms with Crippen molar-refractivity contribution in [3.8, 4) is 0 Å². The van der Waals surface area contributed by atoms with E-state index in [-0.39, 0.29) is 5.82 Å². The summed E-state index contributed by atoms with van der Waals surface area (Å²) in [5.41, 5.74) is 3.15. The number of β-amino-alcohol motifs (C(OH)–C–C–N with tert-alkyl or cyclic N) is 1. The number of rotatable bonds is 7. The molecule has 1 fully saturated rings. The van der Waals surface area contributed by atoms with Crippen molar-refractivity contribution in [2.75, 3.05) is 37.6 Å². The van der Waals surface area contributed by atoms with Crippen LogP contribution in [0, 0.1) is 5.82 Å². The Hall–Kier alpha value is -2.44. The van der Waals surface area contributed by atoms with Crippen LogP contribution in [0.2, 0.25) is 0 Å². The molecule has 5 nitrogen and oxygen atoms in total. The average Bonchev–Trinajstić information content (AvgIpc) is 3.07. The number of anilines is 1. The molecule has 1 aromatic heterocycles. The van der Waals surface area contributed by atoms with Gasteiger partial charge < -0.3 is 14.6 Å². The van der Waals surface area contributed by atoms with Crippen molar-refractivity contribution in [1.82, 2.24) is 14.5 Å². The van der Waals surface area contributed by atoms with Crippen molar-refractivity contribution in [1.29, 1.82) is 0 Å². The molecule has 6 heteroatoms. The summed E-state index contributed by atoms with van der Waals surface area (Å²) in [6.45, 7) is 6.91. The predicted octanol–water partition coefficient (Wildman–Crippen LogP) is 3.31. The third-order valence-corrected chi connectivity index (χ3v) is 5.63. The molecule has 1 atom stereocenters. The van der Waals surface area contributed by atoms with Crippen LogP contribution in [0.1, 0.15) is 19.2 Å². The first-order chi connectivity index (χ1) is 14.1. The highest BCUT2D eigenvalue weighted by molar-refractivity contribution is 5.75.